The molecule has 1 unspecified atom stereocenters. The van der Waals surface area contributed by atoms with Crippen molar-refractivity contribution in [2.24, 2.45) is 4.40 Å². The zero-order valence-corrected chi connectivity index (χ0v) is 13.8. The number of nitrogens with zero attached hydrogens (tertiary/aromatic N) is 2. The van der Waals surface area contributed by atoms with Gasteiger partial charge in [0.05, 0.1) is 0 Å². The second-order valence-corrected chi connectivity index (χ2v) is 7.20. The van der Waals surface area contributed by atoms with Gasteiger partial charge in [-0.25, -0.2) is 0 Å². The molecule has 2 heterocycles. The highest BCUT2D eigenvalue weighted by Crippen LogP contribution is 2.31. The Bertz CT molecular complexity index is 745. The summed E-state index contributed by atoms with van der Waals surface area (Å²) in [6.45, 7) is 1.87. The maximum atomic E-state index is 12.4. The average Bonchev–Trinajstić information content (AvgIpc) is 3.11. The van der Waals surface area contributed by atoms with E-state index in [0.717, 1.165) is 6.42 Å². The number of fused-ring (bicyclic) bond motifs is 1. The first-order valence-electron chi connectivity index (χ1n) is 7.68. The van der Waals surface area contributed by atoms with Crippen LogP contribution in [-0.2, 0) is 14.8 Å². The summed E-state index contributed by atoms with van der Waals surface area (Å²) >= 11 is 0. The molecule has 2 aliphatic heterocycles. The average molecular weight is 336 g/mol. The first kappa shape index (κ1) is 15.9. The summed E-state index contributed by atoms with van der Waals surface area (Å²) in [7, 11) is -1.84. The van der Waals surface area contributed by atoms with Crippen molar-refractivity contribution in [3.05, 3.63) is 29.8 Å². The van der Waals surface area contributed by atoms with Crippen LogP contribution in [0.15, 0.2) is 33.6 Å². The Labute approximate surface area is 135 Å². The fourth-order valence-corrected chi connectivity index (χ4v) is 4.23. The van der Waals surface area contributed by atoms with Crippen LogP contribution in [0.2, 0.25) is 0 Å². The quantitative estimate of drug-likeness (QED) is 0.752. The van der Waals surface area contributed by atoms with Crippen molar-refractivity contribution in [3.63, 3.8) is 0 Å². The van der Waals surface area contributed by atoms with E-state index in [9.17, 15) is 13.2 Å². The lowest BCUT2D eigenvalue weighted by molar-refractivity contribution is -0.124. The molecule has 0 radical (unpaired) electrons. The van der Waals surface area contributed by atoms with Crippen LogP contribution in [0.25, 0.3) is 0 Å². The van der Waals surface area contributed by atoms with Gasteiger partial charge in [0.15, 0.2) is 5.84 Å². The minimum absolute atomic E-state index is 0.0813. The molecule has 1 amide bonds. The molecule has 0 bridgehead atoms. The van der Waals surface area contributed by atoms with E-state index in [1.54, 1.807) is 24.3 Å². The Morgan fingerprint density at radius 3 is 2.91 bits per heavy atom. The van der Waals surface area contributed by atoms with Crippen molar-refractivity contribution in [1.82, 2.24) is 15.5 Å². The summed E-state index contributed by atoms with van der Waals surface area (Å²) in [5, 5.41) is 5.85. The number of hydrogen-bond donors (Lipinski definition) is 2. The van der Waals surface area contributed by atoms with Crippen molar-refractivity contribution in [2.75, 3.05) is 26.7 Å². The van der Waals surface area contributed by atoms with Crippen LogP contribution >= 0.6 is 0 Å². The number of nitrogens with one attached hydrogen (secondary N) is 2. The summed E-state index contributed by atoms with van der Waals surface area (Å²) in [6, 6.07) is 6.40. The zero-order chi connectivity index (χ0) is 16.4. The third-order valence-electron chi connectivity index (χ3n) is 4.11. The number of carbonyl (C=O) groups is 1. The van der Waals surface area contributed by atoms with Crippen molar-refractivity contribution in [1.29, 1.82) is 0 Å². The lowest BCUT2D eigenvalue weighted by Gasteiger charge is -2.25. The number of benzene rings is 1. The Morgan fingerprint density at radius 2 is 2.13 bits per heavy atom. The first-order valence-corrected chi connectivity index (χ1v) is 9.12. The molecule has 0 aromatic heterocycles. The molecule has 124 valence electrons. The number of rotatable bonds is 4. The number of hydrogen-bond acceptors (Lipinski definition) is 5. The van der Waals surface area contributed by atoms with E-state index in [1.165, 1.54) is 0 Å². The van der Waals surface area contributed by atoms with Gasteiger partial charge in [-0.1, -0.05) is 12.1 Å². The molecule has 1 aromatic rings. The monoisotopic (exact) mass is 336 g/mol. The fraction of sp³-hybridized carbons (Fsp3) is 0.467. The van der Waals surface area contributed by atoms with E-state index >= 15 is 0 Å². The molecule has 3 rings (SSSR count). The van der Waals surface area contributed by atoms with E-state index in [2.05, 4.69) is 15.0 Å². The maximum Gasteiger partial charge on any atom is 0.285 e. The highest BCUT2D eigenvalue weighted by atomic mass is 32.2. The molecule has 0 aliphatic carbocycles. The first-order chi connectivity index (χ1) is 11.0. The third-order valence-corrected chi connectivity index (χ3v) is 5.44. The van der Waals surface area contributed by atoms with Crippen molar-refractivity contribution in [2.45, 2.75) is 23.8 Å². The molecular formula is C15H20N4O3S. The molecule has 2 aliphatic rings. The minimum atomic E-state index is -3.66. The summed E-state index contributed by atoms with van der Waals surface area (Å²) < 4.78 is 28.3. The summed E-state index contributed by atoms with van der Waals surface area (Å²) in [5.41, 5.74) is 0.586. The minimum Gasteiger partial charge on any atom is -0.353 e. The van der Waals surface area contributed by atoms with Crippen LogP contribution in [0.5, 0.6) is 0 Å². The summed E-state index contributed by atoms with van der Waals surface area (Å²) in [5.74, 6) is 0.314. The van der Waals surface area contributed by atoms with Crippen LogP contribution in [0.4, 0.5) is 0 Å². The Balaban J connectivity index is 1.85. The van der Waals surface area contributed by atoms with Crippen LogP contribution in [0.3, 0.4) is 0 Å². The predicted octanol–water partition coefficient (Wildman–Crippen LogP) is -0.0645. The van der Waals surface area contributed by atoms with Gasteiger partial charge in [0, 0.05) is 25.2 Å². The van der Waals surface area contributed by atoms with Gasteiger partial charge < -0.3 is 15.5 Å². The van der Waals surface area contributed by atoms with E-state index in [4.69, 9.17) is 0 Å². The lowest BCUT2D eigenvalue weighted by atomic mass is 10.1. The van der Waals surface area contributed by atoms with E-state index in [1.807, 2.05) is 11.9 Å². The molecule has 1 saturated heterocycles. The Morgan fingerprint density at radius 1 is 1.35 bits per heavy atom. The highest BCUT2D eigenvalue weighted by molar-refractivity contribution is 7.90. The SMILES string of the molecule is CNCCNC(=O)C1CCCN1C1=NS(=O)(=O)c2ccccc21. The number of amidine groups is 1. The predicted molar refractivity (Wildman–Crippen MR) is 86.8 cm³/mol. The lowest BCUT2D eigenvalue weighted by Crippen LogP contribution is -2.47. The van der Waals surface area contributed by atoms with E-state index in [-0.39, 0.29) is 16.8 Å². The van der Waals surface area contributed by atoms with E-state index in [0.29, 0.717) is 37.5 Å². The standard InChI is InChI=1S/C15H20N4O3S/c1-16-8-9-17-15(20)12-6-4-10-19(12)14-11-5-2-3-7-13(11)23(21,22)18-14/h2-3,5,7,12,16H,4,6,8-10H2,1H3,(H,17,20). The third kappa shape index (κ3) is 2.96. The smallest absolute Gasteiger partial charge is 0.285 e. The molecule has 1 aromatic carbocycles. The largest absolute Gasteiger partial charge is 0.353 e. The van der Waals surface area contributed by atoms with Crippen LogP contribution in [-0.4, -0.2) is 57.8 Å². The molecule has 23 heavy (non-hydrogen) atoms. The second-order valence-electron chi connectivity index (χ2n) is 5.63. The topological polar surface area (TPSA) is 90.9 Å². The normalized spacial score (nSPS) is 21.9. The van der Waals surface area contributed by atoms with E-state index < -0.39 is 10.0 Å². The fourth-order valence-electron chi connectivity index (χ4n) is 3.02. The highest BCUT2D eigenvalue weighted by Gasteiger charge is 2.38. The van der Waals surface area contributed by atoms with Gasteiger partial charge in [0.1, 0.15) is 10.9 Å². The zero-order valence-electron chi connectivity index (χ0n) is 12.9. The number of sulfonamides is 1. The van der Waals surface area contributed by atoms with Gasteiger partial charge in [-0.2, -0.15) is 8.42 Å². The molecule has 8 heteroatoms. The van der Waals surface area contributed by atoms with Gasteiger partial charge in [-0.3, -0.25) is 4.79 Å². The van der Waals surface area contributed by atoms with Crippen LogP contribution in [0, 0.1) is 0 Å². The van der Waals surface area contributed by atoms with Crippen molar-refractivity contribution >= 4 is 21.8 Å². The molecular weight excluding hydrogens is 316 g/mol. The summed E-state index contributed by atoms with van der Waals surface area (Å²) in [6.07, 6.45) is 1.54. The Hall–Kier alpha value is -1.93. The maximum absolute atomic E-state index is 12.4. The molecule has 1 fully saturated rings. The van der Waals surface area contributed by atoms with Crippen molar-refractivity contribution < 1.29 is 13.2 Å². The van der Waals surface area contributed by atoms with Crippen molar-refractivity contribution in [3.8, 4) is 0 Å². The number of likely N-dealkylation sites (tertiary alicyclic amines) is 1. The number of amides is 1. The van der Waals surface area contributed by atoms with Crippen LogP contribution < -0.4 is 10.6 Å². The van der Waals surface area contributed by atoms with Gasteiger partial charge in [0.25, 0.3) is 10.0 Å². The van der Waals surface area contributed by atoms with Gasteiger partial charge in [-0.15, -0.1) is 4.40 Å². The van der Waals surface area contributed by atoms with Gasteiger partial charge >= 0.3 is 0 Å². The molecule has 7 nitrogen and oxygen atoms in total. The number of likely N-dealkylation sites (N-methyl/N-ethyl adjacent to an activating group) is 1. The number of carbonyl (C=O) groups excluding carboxylic acids is 1. The molecule has 0 saturated carbocycles. The summed E-state index contributed by atoms with van der Waals surface area (Å²) in [4.78, 5) is 14.4. The Kier molecular flexibility index (Phi) is 4.36. The molecule has 1 atom stereocenters. The molecule has 2 N–H and O–H groups in total. The molecule has 0 spiro atoms. The van der Waals surface area contributed by atoms with Gasteiger partial charge in [0.2, 0.25) is 5.91 Å². The van der Waals surface area contributed by atoms with Crippen LogP contribution in [0.1, 0.15) is 18.4 Å². The second kappa shape index (κ2) is 6.29. The van der Waals surface area contributed by atoms with Gasteiger partial charge in [-0.05, 0) is 32.0 Å².